The highest BCUT2D eigenvalue weighted by Crippen LogP contribution is 2.32. The number of nitro groups is 1. The van der Waals surface area contributed by atoms with Gasteiger partial charge in [-0.15, -0.1) is 0 Å². The standard InChI is InChI=1S/C19H18ClN3O5/c20-14-6-4-13(19(25)26)10-15(14)21-18(24)12-5-7-16(17(11-12)23(27)28)22-8-2-1-3-9-22/h4-7,10-11H,1-3,8-9H2,(H,21,24)(H,25,26). The molecule has 2 N–H and O–H groups in total. The number of aromatic carboxylic acids is 1. The lowest BCUT2D eigenvalue weighted by Crippen LogP contribution is -2.30. The largest absolute Gasteiger partial charge is 0.478 e. The van der Waals surface area contributed by atoms with Gasteiger partial charge in [-0.25, -0.2) is 4.79 Å². The first-order valence-corrected chi connectivity index (χ1v) is 9.12. The molecule has 1 saturated heterocycles. The second kappa shape index (κ2) is 8.26. The molecule has 8 nitrogen and oxygen atoms in total. The predicted octanol–water partition coefficient (Wildman–Crippen LogP) is 4.19. The number of carboxylic acid groups (broad SMARTS) is 1. The van der Waals surface area contributed by atoms with Crippen molar-refractivity contribution in [2.45, 2.75) is 19.3 Å². The number of benzene rings is 2. The summed E-state index contributed by atoms with van der Waals surface area (Å²) in [6.45, 7) is 1.48. The van der Waals surface area contributed by atoms with E-state index in [2.05, 4.69) is 5.32 Å². The Morgan fingerprint density at radius 3 is 2.39 bits per heavy atom. The van der Waals surface area contributed by atoms with Crippen LogP contribution in [0.15, 0.2) is 36.4 Å². The van der Waals surface area contributed by atoms with Crippen molar-refractivity contribution in [1.29, 1.82) is 0 Å². The highest BCUT2D eigenvalue weighted by molar-refractivity contribution is 6.34. The Balaban J connectivity index is 1.88. The van der Waals surface area contributed by atoms with Crippen LogP contribution in [0.5, 0.6) is 0 Å². The molecule has 1 aliphatic rings. The smallest absolute Gasteiger partial charge is 0.335 e. The molecule has 1 heterocycles. The van der Waals surface area contributed by atoms with Gasteiger partial charge in [-0.2, -0.15) is 0 Å². The quantitative estimate of drug-likeness (QED) is 0.571. The topological polar surface area (TPSA) is 113 Å². The molecule has 2 aromatic rings. The summed E-state index contributed by atoms with van der Waals surface area (Å²) in [5.41, 5.74) is 0.525. The van der Waals surface area contributed by atoms with Crippen LogP contribution in [0, 0.1) is 10.1 Å². The summed E-state index contributed by atoms with van der Waals surface area (Å²) in [7, 11) is 0. The van der Waals surface area contributed by atoms with E-state index in [0.717, 1.165) is 32.4 Å². The van der Waals surface area contributed by atoms with Crippen molar-refractivity contribution in [3.63, 3.8) is 0 Å². The van der Waals surface area contributed by atoms with E-state index in [9.17, 15) is 19.7 Å². The minimum Gasteiger partial charge on any atom is -0.478 e. The summed E-state index contributed by atoms with van der Waals surface area (Å²) in [5, 5.41) is 23.3. The highest BCUT2D eigenvalue weighted by Gasteiger charge is 2.23. The van der Waals surface area contributed by atoms with Crippen LogP contribution in [-0.4, -0.2) is 35.0 Å². The van der Waals surface area contributed by atoms with E-state index in [0.29, 0.717) is 5.69 Å². The van der Waals surface area contributed by atoms with Crippen molar-refractivity contribution in [3.8, 4) is 0 Å². The molecule has 28 heavy (non-hydrogen) atoms. The van der Waals surface area contributed by atoms with Crippen molar-refractivity contribution < 1.29 is 19.6 Å². The first-order chi connectivity index (χ1) is 13.4. The van der Waals surface area contributed by atoms with Crippen molar-refractivity contribution in [1.82, 2.24) is 0 Å². The molecule has 0 aliphatic carbocycles. The Bertz CT molecular complexity index is 941. The molecular weight excluding hydrogens is 386 g/mol. The molecule has 3 rings (SSSR count). The summed E-state index contributed by atoms with van der Waals surface area (Å²) >= 11 is 6.02. The molecule has 0 spiro atoms. The Kier molecular flexibility index (Phi) is 5.79. The van der Waals surface area contributed by atoms with E-state index in [4.69, 9.17) is 16.7 Å². The minimum atomic E-state index is -1.16. The SMILES string of the molecule is O=C(O)c1ccc(Cl)c(NC(=O)c2ccc(N3CCCCC3)c([N+](=O)[O-])c2)c1. The fourth-order valence-corrected chi connectivity index (χ4v) is 3.33. The van der Waals surface area contributed by atoms with Gasteiger partial charge >= 0.3 is 5.97 Å². The van der Waals surface area contributed by atoms with Crippen LogP contribution in [0.2, 0.25) is 5.02 Å². The van der Waals surface area contributed by atoms with Crippen LogP contribution < -0.4 is 10.2 Å². The number of anilines is 2. The fourth-order valence-electron chi connectivity index (χ4n) is 3.16. The average molecular weight is 404 g/mol. The number of carbonyl (C=O) groups is 2. The molecule has 1 amide bonds. The number of carboxylic acids is 1. The van der Waals surface area contributed by atoms with Gasteiger partial charge in [-0.1, -0.05) is 11.6 Å². The lowest BCUT2D eigenvalue weighted by molar-refractivity contribution is -0.384. The monoisotopic (exact) mass is 403 g/mol. The van der Waals surface area contributed by atoms with Crippen LogP contribution in [0.25, 0.3) is 0 Å². The molecular formula is C19H18ClN3O5. The second-order valence-electron chi connectivity index (χ2n) is 6.46. The summed E-state index contributed by atoms with van der Waals surface area (Å²) in [6.07, 6.45) is 3.04. The Hall–Kier alpha value is -3.13. The van der Waals surface area contributed by atoms with E-state index in [-0.39, 0.29) is 27.5 Å². The summed E-state index contributed by atoms with van der Waals surface area (Å²) in [6, 6.07) is 8.24. The number of hydrogen-bond donors (Lipinski definition) is 2. The van der Waals surface area contributed by atoms with Gasteiger partial charge in [0.25, 0.3) is 11.6 Å². The molecule has 1 fully saturated rings. The summed E-state index contributed by atoms with van der Waals surface area (Å²) in [4.78, 5) is 36.6. The lowest BCUT2D eigenvalue weighted by Gasteiger charge is -2.28. The zero-order valence-electron chi connectivity index (χ0n) is 14.9. The van der Waals surface area contributed by atoms with Crippen LogP contribution in [0.3, 0.4) is 0 Å². The third kappa shape index (κ3) is 4.23. The molecule has 9 heteroatoms. The van der Waals surface area contributed by atoms with Gasteiger partial charge in [0.15, 0.2) is 0 Å². The Morgan fingerprint density at radius 2 is 1.75 bits per heavy atom. The molecule has 0 aromatic heterocycles. The highest BCUT2D eigenvalue weighted by atomic mass is 35.5. The number of piperidine rings is 1. The second-order valence-corrected chi connectivity index (χ2v) is 6.87. The maximum atomic E-state index is 12.6. The maximum Gasteiger partial charge on any atom is 0.335 e. The molecule has 0 atom stereocenters. The number of halogens is 1. The molecule has 0 unspecified atom stereocenters. The number of rotatable bonds is 5. The molecule has 1 aliphatic heterocycles. The number of nitro benzene ring substituents is 1. The van der Waals surface area contributed by atoms with Crippen LogP contribution in [0.4, 0.5) is 17.1 Å². The first-order valence-electron chi connectivity index (χ1n) is 8.74. The van der Waals surface area contributed by atoms with Gasteiger partial charge in [-0.3, -0.25) is 14.9 Å². The van der Waals surface area contributed by atoms with Crippen molar-refractivity contribution in [2.24, 2.45) is 0 Å². The maximum absolute atomic E-state index is 12.6. The lowest BCUT2D eigenvalue weighted by atomic mass is 10.1. The normalized spacial score (nSPS) is 13.8. The van der Waals surface area contributed by atoms with Gasteiger partial charge in [0.2, 0.25) is 0 Å². The Labute approximate surface area is 165 Å². The van der Waals surface area contributed by atoms with Gasteiger partial charge in [0.05, 0.1) is 21.2 Å². The summed E-state index contributed by atoms with van der Waals surface area (Å²) in [5.74, 6) is -1.77. The number of carbonyl (C=O) groups excluding carboxylic acids is 1. The molecule has 2 aromatic carbocycles. The predicted molar refractivity (Wildman–Crippen MR) is 106 cm³/mol. The minimum absolute atomic E-state index is 0.0360. The van der Waals surface area contributed by atoms with E-state index >= 15 is 0 Å². The molecule has 0 radical (unpaired) electrons. The molecule has 0 bridgehead atoms. The third-order valence-electron chi connectivity index (χ3n) is 4.59. The Morgan fingerprint density at radius 1 is 1.07 bits per heavy atom. The van der Waals surface area contributed by atoms with Gasteiger partial charge < -0.3 is 15.3 Å². The van der Waals surface area contributed by atoms with Crippen molar-refractivity contribution in [3.05, 3.63) is 62.7 Å². The van der Waals surface area contributed by atoms with E-state index in [1.165, 1.54) is 30.3 Å². The van der Waals surface area contributed by atoms with E-state index in [1.807, 2.05) is 4.90 Å². The first kappa shape index (κ1) is 19.6. The number of hydrogen-bond acceptors (Lipinski definition) is 5. The van der Waals surface area contributed by atoms with Gasteiger partial charge in [0, 0.05) is 24.7 Å². The summed E-state index contributed by atoms with van der Waals surface area (Å²) < 4.78 is 0. The number of nitrogens with one attached hydrogen (secondary N) is 1. The van der Waals surface area contributed by atoms with Crippen LogP contribution >= 0.6 is 11.6 Å². The average Bonchev–Trinajstić information content (AvgIpc) is 2.69. The zero-order valence-corrected chi connectivity index (χ0v) is 15.6. The molecule has 0 saturated carbocycles. The number of nitrogens with zero attached hydrogens (tertiary/aromatic N) is 2. The number of amides is 1. The van der Waals surface area contributed by atoms with Gasteiger partial charge in [0.1, 0.15) is 5.69 Å². The fraction of sp³-hybridized carbons (Fsp3) is 0.263. The van der Waals surface area contributed by atoms with Gasteiger partial charge in [-0.05, 0) is 49.6 Å². The third-order valence-corrected chi connectivity index (χ3v) is 4.92. The van der Waals surface area contributed by atoms with Crippen molar-refractivity contribution >= 4 is 40.5 Å². The van der Waals surface area contributed by atoms with Crippen LogP contribution in [-0.2, 0) is 0 Å². The van der Waals surface area contributed by atoms with Crippen LogP contribution in [0.1, 0.15) is 40.0 Å². The molecule has 146 valence electrons. The van der Waals surface area contributed by atoms with E-state index in [1.54, 1.807) is 6.07 Å². The van der Waals surface area contributed by atoms with E-state index < -0.39 is 16.8 Å². The van der Waals surface area contributed by atoms with Crippen molar-refractivity contribution in [2.75, 3.05) is 23.3 Å². The zero-order chi connectivity index (χ0) is 20.3.